The van der Waals surface area contributed by atoms with Crippen LogP contribution in [0.25, 0.3) is 0 Å². The minimum Gasteiger partial charge on any atom is -0.489 e. The van der Waals surface area contributed by atoms with Crippen molar-refractivity contribution in [1.29, 1.82) is 0 Å². The molecular weight excluding hydrogens is 363 g/mol. The topological polar surface area (TPSA) is 59.0 Å². The molecule has 0 saturated carbocycles. The Kier molecular flexibility index (Phi) is 6.32. The van der Waals surface area contributed by atoms with E-state index in [0.717, 1.165) is 42.9 Å². The molecule has 146 valence electrons. The van der Waals surface area contributed by atoms with Crippen LogP contribution in [0.15, 0.2) is 36.4 Å². The Morgan fingerprint density at radius 1 is 1.19 bits per heavy atom. The van der Waals surface area contributed by atoms with E-state index in [1.807, 2.05) is 26.0 Å². The highest BCUT2D eigenvalue weighted by molar-refractivity contribution is 5.86. The van der Waals surface area contributed by atoms with Crippen LogP contribution in [0.3, 0.4) is 0 Å². The lowest BCUT2D eigenvalue weighted by atomic mass is 10.1. The van der Waals surface area contributed by atoms with Crippen LogP contribution >= 0.6 is 0 Å². The molecule has 2 aromatic carbocycles. The number of carbonyl (C=O) groups excluding carboxylic acids is 1. The number of hydrogen-bond acceptors (Lipinski definition) is 4. The van der Waals surface area contributed by atoms with Gasteiger partial charge in [0, 0.05) is 5.56 Å². The number of amides is 1. The van der Waals surface area contributed by atoms with Crippen LogP contribution in [0, 0.1) is 6.92 Å². The Bertz CT molecular complexity index is 821. The molecule has 1 N–H and O–H groups in total. The number of anilines is 1. The molecule has 5 nitrogen and oxygen atoms in total. The fraction of sp³-hybridized carbons (Fsp3) is 0.316. The van der Waals surface area contributed by atoms with Crippen molar-refractivity contribution in [1.82, 2.24) is 0 Å². The van der Waals surface area contributed by atoms with Crippen molar-refractivity contribution in [2.75, 3.05) is 12.2 Å². The lowest BCUT2D eigenvalue weighted by molar-refractivity contribution is -0.137. The SMILES string of the molecule is CCc1ccc(OCc2cc(C(F)(F)F)ccc2N(O)C(=O)OC)c(C)c1. The summed E-state index contributed by atoms with van der Waals surface area (Å²) in [5.74, 6) is 0.498. The predicted octanol–water partition coefficient (Wildman–Crippen LogP) is 5.12. The average molecular weight is 383 g/mol. The molecule has 8 heteroatoms. The minimum atomic E-state index is -4.57. The first-order chi connectivity index (χ1) is 12.7. The first-order valence-electron chi connectivity index (χ1n) is 8.16. The first-order valence-corrected chi connectivity index (χ1v) is 8.16. The summed E-state index contributed by atoms with van der Waals surface area (Å²) < 4.78 is 49.1. The number of aryl methyl sites for hydroxylation is 2. The van der Waals surface area contributed by atoms with Crippen LogP contribution < -0.4 is 9.80 Å². The third-order valence-corrected chi connectivity index (χ3v) is 4.01. The van der Waals surface area contributed by atoms with Crippen molar-refractivity contribution >= 4 is 11.8 Å². The molecule has 1 amide bonds. The van der Waals surface area contributed by atoms with Crippen molar-refractivity contribution in [2.45, 2.75) is 33.1 Å². The maximum atomic E-state index is 13.0. The van der Waals surface area contributed by atoms with E-state index in [1.165, 1.54) is 0 Å². The van der Waals surface area contributed by atoms with Crippen molar-refractivity contribution in [3.8, 4) is 5.75 Å². The lowest BCUT2D eigenvalue weighted by Crippen LogP contribution is -2.28. The van der Waals surface area contributed by atoms with E-state index in [0.29, 0.717) is 5.75 Å². The monoisotopic (exact) mass is 383 g/mol. The third kappa shape index (κ3) is 4.91. The zero-order valence-corrected chi connectivity index (χ0v) is 15.1. The van der Waals surface area contributed by atoms with Gasteiger partial charge in [0.2, 0.25) is 0 Å². The average Bonchev–Trinajstić information content (AvgIpc) is 2.64. The molecule has 0 fully saturated rings. The van der Waals surface area contributed by atoms with Crippen LogP contribution in [0.2, 0.25) is 0 Å². The van der Waals surface area contributed by atoms with Crippen LogP contribution in [0.4, 0.5) is 23.7 Å². The molecule has 0 unspecified atom stereocenters. The molecule has 0 spiro atoms. The highest BCUT2D eigenvalue weighted by atomic mass is 19.4. The van der Waals surface area contributed by atoms with E-state index in [2.05, 4.69) is 4.74 Å². The minimum absolute atomic E-state index is 0.0170. The maximum absolute atomic E-state index is 13.0. The number of hydroxylamine groups is 1. The molecule has 0 bridgehead atoms. The summed E-state index contributed by atoms with van der Waals surface area (Å²) in [4.78, 5) is 11.5. The fourth-order valence-electron chi connectivity index (χ4n) is 2.52. The summed E-state index contributed by atoms with van der Waals surface area (Å²) in [5.41, 5.74) is 0.846. The van der Waals surface area contributed by atoms with Gasteiger partial charge in [0.1, 0.15) is 12.4 Å². The molecule has 0 aliphatic rings. The Hall–Kier alpha value is -2.74. The van der Waals surface area contributed by atoms with E-state index in [4.69, 9.17) is 4.74 Å². The summed E-state index contributed by atoms with van der Waals surface area (Å²) in [5, 5.41) is 10.1. The largest absolute Gasteiger partial charge is 0.489 e. The number of alkyl halides is 3. The maximum Gasteiger partial charge on any atom is 0.438 e. The Morgan fingerprint density at radius 3 is 2.44 bits per heavy atom. The zero-order chi connectivity index (χ0) is 20.2. The molecule has 0 heterocycles. The van der Waals surface area contributed by atoms with Gasteiger partial charge in [-0.05, 0) is 48.7 Å². The van der Waals surface area contributed by atoms with Crippen LogP contribution in [-0.2, 0) is 23.9 Å². The van der Waals surface area contributed by atoms with Gasteiger partial charge in [0.25, 0.3) is 0 Å². The Morgan fingerprint density at radius 2 is 1.89 bits per heavy atom. The number of methoxy groups -OCH3 is 1. The zero-order valence-electron chi connectivity index (χ0n) is 15.1. The van der Waals surface area contributed by atoms with E-state index in [-0.39, 0.29) is 22.9 Å². The van der Waals surface area contributed by atoms with Crippen LogP contribution in [0.5, 0.6) is 5.75 Å². The molecule has 0 radical (unpaired) electrons. The highest BCUT2D eigenvalue weighted by Crippen LogP contribution is 2.33. The van der Waals surface area contributed by atoms with Gasteiger partial charge in [-0.1, -0.05) is 19.1 Å². The second-order valence-corrected chi connectivity index (χ2v) is 5.87. The second kappa shape index (κ2) is 8.30. The van der Waals surface area contributed by atoms with Gasteiger partial charge in [-0.15, -0.1) is 0 Å². The van der Waals surface area contributed by atoms with Crippen molar-refractivity contribution in [2.24, 2.45) is 0 Å². The van der Waals surface area contributed by atoms with Gasteiger partial charge in [0.05, 0.1) is 18.4 Å². The molecule has 0 saturated heterocycles. The fourth-order valence-corrected chi connectivity index (χ4v) is 2.52. The molecule has 0 aliphatic carbocycles. The smallest absolute Gasteiger partial charge is 0.438 e. The number of halogens is 3. The Balaban J connectivity index is 2.35. The number of carbonyl (C=O) groups is 1. The summed E-state index contributed by atoms with van der Waals surface area (Å²) in [7, 11) is 1.05. The van der Waals surface area contributed by atoms with Crippen LogP contribution in [-0.4, -0.2) is 18.4 Å². The number of rotatable bonds is 5. The second-order valence-electron chi connectivity index (χ2n) is 5.87. The van der Waals surface area contributed by atoms with Crippen molar-refractivity contribution < 1.29 is 32.6 Å². The normalized spacial score (nSPS) is 11.2. The van der Waals surface area contributed by atoms with Crippen molar-refractivity contribution in [3.63, 3.8) is 0 Å². The van der Waals surface area contributed by atoms with Gasteiger partial charge in [-0.3, -0.25) is 5.21 Å². The number of ether oxygens (including phenoxy) is 2. The van der Waals surface area contributed by atoms with Gasteiger partial charge in [-0.25, -0.2) is 4.79 Å². The molecular formula is C19H20F3NO4. The molecule has 2 aromatic rings. The Labute approximate surface area is 154 Å². The van der Waals surface area contributed by atoms with Crippen molar-refractivity contribution in [3.05, 3.63) is 58.7 Å². The van der Waals surface area contributed by atoms with Crippen LogP contribution in [0.1, 0.15) is 29.2 Å². The molecule has 0 atom stereocenters. The standard InChI is InChI=1S/C19H20F3NO4/c1-4-13-5-8-17(12(2)9-13)27-11-14-10-15(19(20,21)22)6-7-16(14)23(25)18(24)26-3/h5-10,25H,4,11H2,1-3H3. The highest BCUT2D eigenvalue weighted by Gasteiger charge is 2.32. The van der Waals surface area contributed by atoms with Gasteiger partial charge in [0.15, 0.2) is 0 Å². The third-order valence-electron chi connectivity index (χ3n) is 4.01. The molecule has 0 aromatic heterocycles. The van der Waals surface area contributed by atoms with E-state index >= 15 is 0 Å². The molecule has 2 rings (SSSR count). The summed E-state index contributed by atoms with van der Waals surface area (Å²) in [6, 6.07) is 8.12. The van der Waals surface area contributed by atoms with Gasteiger partial charge < -0.3 is 9.47 Å². The van der Waals surface area contributed by atoms with Gasteiger partial charge in [-0.2, -0.15) is 18.2 Å². The first kappa shape index (κ1) is 20.6. The summed E-state index contributed by atoms with van der Waals surface area (Å²) >= 11 is 0. The van der Waals surface area contributed by atoms with E-state index in [1.54, 1.807) is 6.07 Å². The number of hydrogen-bond donors (Lipinski definition) is 1. The lowest BCUT2D eigenvalue weighted by Gasteiger charge is -2.19. The van der Waals surface area contributed by atoms with E-state index < -0.39 is 17.8 Å². The summed E-state index contributed by atoms with van der Waals surface area (Å²) in [6.45, 7) is 3.56. The predicted molar refractivity (Wildman–Crippen MR) is 93.0 cm³/mol. The number of benzene rings is 2. The number of nitrogens with zero attached hydrogens (tertiary/aromatic N) is 1. The molecule has 0 aliphatic heterocycles. The van der Waals surface area contributed by atoms with Gasteiger partial charge >= 0.3 is 12.3 Å². The summed E-state index contributed by atoms with van der Waals surface area (Å²) in [6.07, 6.45) is -4.85. The molecule has 27 heavy (non-hydrogen) atoms. The van der Waals surface area contributed by atoms with E-state index in [9.17, 15) is 23.2 Å². The quantitative estimate of drug-likeness (QED) is 0.575.